The number of halogens is 5. The summed E-state index contributed by atoms with van der Waals surface area (Å²) >= 11 is 17.1. The highest BCUT2D eigenvalue weighted by molar-refractivity contribution is 6.67. The number of hydrogen-bond donors (Lipinski definition) is 0. The predicted molar refractivity (Wildman–Crippen MR) is 73.1 cm³/mol. The van der Waals surface area contributed by atoms with Crippen LogP contribution in [0.4, 0.5) is 8.78 Å². The monoisotopic (exact) mass is 355 g/mol. The summed E-state index contributed by atoms with van der Waals surface area (Å²) in [5, 5.41) is 3.34. The number of rotatable bonds is 5. The van der Waals surface area contributed by atoms with Crippen LogP contribution in [0.3, 0.4) is 0 Å². The van der Waals surface area contributed by atoms with Gasteiger partial charge in [0.25, 0.3) is 11.7 Å². The fourth-order valence-electron chi connectivity index (χ4n) is 1.44. The summed E-state index contributed by atoms with van der Waals surface area (Å²) in [7, 11) is 0. The molecular formula is C11H6Cl3F2N3O2. The molecule has 0 unspecified atom stereocenters. The molecule has 112 valence electrons. The van der Waals surface area contributed by atoms with E-state index in [9.17, 15) is 13.6 Å². The number of alkyl halides is 2. The molecule has 0 aliphatic heterocycles. The van der Waals surface area contributed by atoms with E-state index in [1.54, 1.807) is 0 Å². The number of aromatic nitrogens is 3. The molecule has 0 fully saturated rings. The lowest BCUT2D eigenvalue weighted by molar-refractivity contribution is 0.0794. The molecule has 0 bridgehead atoms. The van der Waals surface area contributed by atoms with Gasteiger partial charge in [0.2, 0.25) is 5.88 Å². The first kappa shape index (κ1) is 15.9. The lowest BCUT2D eigenvalue weighted by Gasteiger charge is -2.05. The number of ether oxygens (including phenoxy) is 1. The van der Waals surface area contributed by atoms with Gasteiger partial charge in [0.15, 0.2) is 12.4 Å². The summed E-state index contributed by atoms with van der Waals surface area (Å²) in [5.41, 5.74) is -0.127. The summed E-state index contributed by atoms with van der Waals surface area (Å²) in [4.78, 5) is 15.3. The van der Waals surface area contributed by atoms with Crippen LogP contribution in [-0.2, 0) is 0 Å². The first-order chi connectivity index (χ1) is 9.88. The molecule has 0 aliphatic carbocycles. The Labute approximate surface area is 132 Å². The molecule has 0 aromatic carbocycles. The maximum atomic E-state index is 12.1. The Bertz CT molecular complexity index is 679. The van der Waals surface area contributed by atoms with Crippen LogP contribution in [0.2, 0.25) is 10.0 Å². The van der Waals surface area contributed by atoms with E-state index in [0.29, 0.717) is 0 Å². The van der Waals surface area contributed by atoms with Gasteiger partial charge in [-0.15, -0.1) is 5.10 Å². The Morgan fingerprint density at radius 2 is 2.10 bits per heavy atom. The zero-order valence-corrected chi connectivity index (χ0v) is 12.3. The number of hydrogen-bond acceptors (Lipinski definition) is 4. The summed E-state index contributed by atoms with van der Waals surface area (Å²) in [6, 6.07) is 2.50. The zero-order chi connectivity index (χ0) is 15.6. The molecule has 0 spiro atoms. The SMILES string of the molecule is O=C(Cl)c1cc(OCC(F)F)nn1-c1ncc(Cl)cc1Cl. The van der Waals surface area contributed by atoms with Crippen molar-refractivity contribution in [2.75, 3.05) is 6.61 Å². The van der Waals surface area contributed by atoms with Crippen LogP contribution in [0.1, 0.15) is 10.5 Å². The molecule has 10 heteroatoms. The summed E-state index contributed by atoms with van der Waals surface area (Å²) in [6.45, 7) is -0.866. The summed E-state index contributed by atoms with van der Waals surface area (Å²) in [5.74, 6) is -0.135. The van der Waals surface area contributed by atoms with E-state index in [2.05, 4.69) is 10.1 Å². The maximum absolute atomic E-state index is 12.1. The van der Waals surface area contributed by atoms with Crippen molar-refractivity contribution in [3.63, 3.8) is 0 Å². The van der Waals surface area contributed by atoms with Gasteiger partial charge in [-0.05, 0) is 17.7 Å². The lowest BCUT2D eigenvalue weighted by Crippen LogP contribution is -2.09. The predicted octanol–water partition coefficient (Wildman–Crippen LogP) is 3.60. The van der Waals surface area contributed by atoms with Gasteiger partial charge in [0.1, 0.15) is 5.69 Å². The van der Waals surface area contributed by atoms with Crippen LogP contribution >= 0.6 is 34.8 Å². The van der Waals surface area contributed by atoms with Crippen LogP contribution in [0.25, 0.3) is 5.82 Å². The van der Waals surface area contributed by atoms with Crippen molar-refractivity contribution >= 4 is 40.0 Å². The average Bonchev–Trinajstić information content (AvgIpc) is 2.80. The van der Waals surface area contributed by atoms with Crippen LogP contribution < -0.4 is 4.74 Å². The van der Waals surface area contributed by atoms with Gasteiger partial charge >= 0.3 is 0 Å². The quantitative estimate of drug-likeness (QED) is 0.768. The second-order valence-electron chi connectivity index (χ2n) is 3.71. The molecule has 0 radical (unpaired) electrons. The fourth-order valence-corrected chi connectivity index (χ4v) is 2.04. The highest BCUT2D eigenvalue weighted by Gasteiger charge is 2.19. The van der Waals surface area contributed by atoms with Gasteiger partial charge in [-0.25, -0.2) is 18.4 Å². The minimum Gasteiger partial charge on any atom is -0.471 e. The van der Waals surface area contributed by atoms with E-state index < -0.39 is 18.3 Å². The summed E-state index contributed by atoms with van der Waals surface area (Å²) < 4.78 is 30.0. The number of nitrogens with zero attached hydrogens (tertiary/aromatic N) is 3. The molecule has 2 heterocycles. The van der Waals surface area contributed by atoms with E-state index in [-0.39, 0.29) is 27.4 Å². The second-order valence-corrected chi connectivity index (χ2v) is 4.90. The third kappa shape index (κ3) is 3.81. The van der Waals surface area contributed by atoms with Crippen LogP contribution in [0.15, 0.2) is 18.3 Å². The standard InChI is InChI=1S/C11H6Cl3F2N3O2/c12-5-1-6(13)11(17-3-5)19-7(10(14)20)2-9(18-19)21-4-8(15)16/h1-3,8H,4H2. The molecular weight excluding hydrogens is 350 g/mol. The Morgan fingerprint density at radius 1 is 1.38 bits per heavy atom. The molecule has 2 aromatic heterocycles. The van der Waals surface area contributed by atoms with E-state index in [0.717, 1.165) is 10.7 Å². The zero-order valence-electron chi connectivity index (χ0n) is 10.1. The summed E-state index contributed by atoms with van der Waals surface area (Å²) in [6.07, 6.45) is -1.39. The number of pyridine rings is 1. The number of carbonyl (C=O) groups is 1. The van der Waals surface area contributed by atoms with E-state index in [4.69, 9.17) is 39.5 Å². The Morgan fingerprint density at radius 3 is 2.67 bits per heavy atom. The van der Waals surface area contributed by atoms with Gasteiger partial charge < -0.3 is 4.74 Å². The topological polar surface area (TPSA) is 57.0 Å². The molecule has 0 amide bonds. The van der Waals surface area contributed by atoms with Crippen molar-refractivity contribution in [2.45, 2.75) is 6.43 Å². The third-order valence-corrected chi connectivity index (χ3v) is 2.91. The molecule has 5 nitrogen and oxygen atoms in total. The minimum absolute atomic E-state index is 0.0666. The smallest absolute Gasteiger partial charge is 0.272 e. The van der Waals surface area contributed by atoms with Gasteiger partial charge in [0, 0.05) is 12.3 Å². The highest BCUT2D eigenvalue weighted by Crippen LogP contribution is 2.25. The van der Waals surface area contributed by atoms with Crippen LogP contribution in [0, 0.1) is 0 Å². The Balaban J connectivity index is 2.43. The number of carbonyl (C=O) groups excluding carboxylic acids is 1. The highest BCUT2D eigenvalue weighted by atomic mass is 35.5. The molecule has 21 heavy (non-hydrogen) atoms. The van der Waals surface area contributed by atoms with Crippen molar-refractivity contribution in [3.05, 3.63) is 34.1 Å². The molecule has 2 rings (SSSR count). The molecule has 0 saturated heterocycles. The van der Waals surface area contributed by atoms with Crippen molar-refractivity contribution in [1.82, 2.24) is 14.8 Å². The molecule has 0 atom stereocenters. The van der Waals surface area contributed by atoms with E-state index >= 15 is 0 Å². The molecule has 0 aliphatic rings. The first-order valence-electron chi connectivity index (χ1n) is 5.40. The second kappa shape index (κ2) is 6.55. The van der Waals surface area contributed by atoms with Crippen LogP contribution in [0.5, 0.6) is 5.88 Å². The average molecular weight is 357 g/mol. The van der Waals surface area contributed by atoms with Gasteiger partial charge in [-0.3, -0.25) is 4.79 Å². The Kier molecular flexibility index (Phi) is 4.97. The van der Waals surface area contributed by atoms with Gasteiger partial charge in [-0.1, -0.05) is 23.2 Å². The van der Waals surface area contributed by atoms with E-state index in [1.165, 1.54) is 12.3 Å². The van der Waals surface area contributed by atoms with Gasteiger partial charge in [0.05, 0.1) is 10.0 Å². The normalized spacial score (nSPS) is 11.0. The maximum Gasteiger partial charge on any atom is 0.272 e. The molecule has 0 N–H and O–H groups in total. The third-order valence-electron chi connectivity index (χ3n) is 2.23. The molecule has 0 saturated carbocycles. The lowest BCUT2D eigenvalue weighted by atomic mass is 10.4. The largest absolute Gasteiger partial charge is 0.471 e. The van der Waals surface area contributed by atoms with Crippen molar-refractivity contribution in [3.8, 4) is 11.7 Å². The van der Waals surface area contributed by atoms with Crippen molar-refractivity contribution in [1.29, 1.82) is 0 Å². The van der Waals surface area contributed by atoms with Crippen LogP contribution in [-0.4, -0.2) is 33.0 Å². The van der Waals surface area contributed by atoms with Gasteiger partial charge in [-0.2, -0.15) is 0 Å². The van der Waals surface area contributed by atoms with Crippen molar-refractivity contribution < 1.29 is 18.3 Å². The first-order valence-corrected chi connectivity index (χ1v) is 6.54. The minimum atomic E-state index is -2.68. The Hall–Kier alpha value is -1.44. The fraction of sp³-hybridized carbons (Fsp3) is 0.182. The molecule has 2 aromatic rings. The van der Waals surface area contributed by atoms with E-state index in [1.807, 2.05) is 0 Å². The van der Waals surface area contributed by atoms with Crippen molar-refractivity contribution in [2.24, 2.45) is 0 Å².